The van der Waals surface area contributed by atoms with E-state index in [-0.39, 0.29) is 24.4 Å². The molecule has 0 saturated carbocycles. The van der Waals surface area contributed by atoms with E-state index in [9.17, 15) is 9.90 Å². The van der Waals surface area contributed by atoms with Crippen LogP contribution in [0.4, 0.5) is 0 Å². The number of fused-ring (bicyclic) bond motifs is 2. The summed E-state index contributed by atoms with van der Waals surface area (Å²) >= 11 is 0. The van der Waals surface area contributed by atoms with Crippen molar-refractivity contribution >= 4 is 5.78 Å². The topological polar surface area (TPSA) is 69.4 Å². The van der Waals surface area contributed by atoms with E-state index < -0.39 is 0 Å². The average Bonchev–Trinajstić information content (AvgIpc) is 2.95. The molecule has 0 amide bonds. The zero-order valence-electron chi connectivity index (χ0n) is 13.6. The largest absolute Gasteiger partial charge is 0.512 e. The van der Waals surface area contributed by atoms with E-state index in [0.717, 1.165) is 24.1 Å². The lowest BCUT2D eigenvalue weighted by molar-refractivity contribution is -0.914. The fraction of sp³-hybridized carbons (Fsp3) is 0.471. The second kappa shape index (κ2) is 6.12. The lowest BCUT2D eigenvalue weighted by atomic mass is 9.89. The van der Waals surface area contributed by atoms with Crippen LogP contribution < -0.4 is 19.1 Å². The molecule has 0 saturated heterocycles. The van der Waals surface area contributed by atoms with E-state index in [4.69, 9.17) is 14.2 Å². The van der Waals surface area contributed by atoms with E-state index in [2.05, 4.69) is 7.05 Å². The second-order valence-electron chi connectivity index (χ2n) is 6.07. The normalized spacial score (nSPS) is 22.7. The molecule has 0 radical (unpaired) electrons. The molecule has 1 aromatic rings. The summed E-state index contributed by atoms with van der Waals surface area (Å²) in [5.74, 6) is 1.95. The molecule has 2 aliphatic rings. The molecule has 3 rings (SSSR count). The summed E-state index contributed by atoms with van der Waals surface area (Å²) in [5.41, 5.74) is 2.18. The Bertz CT molecular complexity index is 667. The van der Waals surface area contributed by atoms with Crippen LogP contribution in [-0.4, -0.2) is 38.4 Å². The van der Waals surface area contributed by atoms with Crippen LogP contribution in [0.15, 0.2) is 17.9 Å². The molecule has 1 unspecified atom stereocenters. The Morgan fingerprint density at radius 3 is 3.00 bits per heavy atom. The van der Waals surface area contributed by atoms with Gasteiger partial charge in [0.2, 0.25) is 12.5 Å². The quantitative estimate of drug-likeness (QED) is 0.639. The Kier molecular flexibility index (Phi) is 4.17. The molecule has 2 heterocycles. The number of carbonyl (C=O) groups is 1. The minimum atomic E-state index is -0.158. The fourth-order valence-corrected chi connectivity index (χ4v) is 3.40. The number of carbonyl (C=O) groups excluding carboxylic acids is 1. The van der Waals surface area contributed by atoms with Gasteiger partial charge >= 0.3 is 0 Å². The van der Waals surface area contributed by atoms with Crippen molar-refractivity contribution in [2.24, 2.45) is 0 Å². The highest BCUT2D eigenvalue weighted by Gasteiger charge is 2.36. The molecular formula is C17H22NO5+. The lowest BCUT2D eigenvalue weighted by Crippen LogP contribution is -3.10. The molecule has 0 bridgehead atoms. The van der Waals surface area contributed by atoms with Gasteiger partial charge in [0.15, 0.2) is 17.3 Å². The van der Waals surface area contributed by atoms with Crippen LogP contribution in [0.1, 0.15) is 30.5 Å². The summed E-state index contributed by atoms with van der Waals surface area (Å²) < 4.78 is 16.7. The van der Waals surface area contributed by atoms with Crippen LogP contribution in [0.3, 0.4) is 0 Å². The lowest BCUT2D eigenvalue weighted by Gasteiger charge is -2.32. The monoisotopic (exact) mass is 320 g/mol. The first-order valence-electron chi connectivity index (χ1n) is 7.73. The maximum Gasteiger partial charge on any atom is 0.231 e. The van der Waals surface area contributed by atoms with Crippen molar-refractivity contribution in [3.8, 4) is 17.2 Å². The maximum absolute atomic E-state index is 11.2. The van der Waals surface area contributed by atoms with E-state index in [0.29, 0.717) is 23.7 Å². The highest BCUT2D eigenvalue weighted by atomic mass is 16.7. The first kappa shape index (κ1) is 15.7. The molecule has 23 heavy (non-hydrogen) atoms. The number of ether oxygens (including phenoxy) is 3. The van der Waals surface area contributed by atoms with Gasteiger partial charge in [-0.05, 0) is 18.6 Å². The Morgan fingerprint density at radius 1 is 1.52 bits per heavy atom. The third-order valence-electron chi connectivity index (χ3n) is 4.46. The Hall–Kier alpha value is -2.21. The minimum Gasteiger partial charge on any atom is -0.512 e. The van der Waals surface area contributed by atoms with Crippen LogP contribution in [-0.2, 0) is 11.2 Å². The Labute approximate surface area is 135 Å². The van der Waals surface area contributed by atoms with Crippen molar-refractivity contribution < 1.29 is 29.0 Å². The number of allylic oxidation sites excluding steroid dienone is 1. The summed E-state index contributed by atoms with van der Waals surface area (Å²) in [7, 11) is 3.70. The molecule has 2 atom stereocenters. The summed E-state index contributed by atoms with van der Waals surface area (Å²) in [4.78, 5) is 12.5. The standard InChI is InChI=1S/C17H21NO5/c1-10(19)6-12(20)8-13-15-11(4-5-18(13)2)7-14-16(17(15)21-3)23-9-22-14/h6-7,13,20H,4-5,8-9H2,1-3H3/p+1/t13-/m0/s1. The van der Waals surface area contributed by atoms with Gasteiger partial charge in [-0.1, -0.05) is 0 Å². The number of methoxy groups -OCH3 is 1. The molecule has 2 N–H and O–H groups in total. The van der Waals surface area contributed by atoms with Gasteiger partial charge < -0.3 is 24.2 Å². The van der Waals surface area contributed by atoms with E-state index in [1.807, 2.05) is 6.07 Å². The Morgan fingerprint density at radius 2 is 2.30 bits per heavy atom. The second-order valence-corrected chi connectivity index (χ2v) is 6.07. The van der Waals surface area contributed by atoms with Gasteiger partial charge in [0, 0.05) is 12.5 Å². The molecule has 0 fully saturated rings. The summed E-state index contributed by atoms with van der Waals surface area (Å²) in [6.45, 7) is 2.56. The predicted octanol–water partition coefficient (Wildman–Crippen LogP) is 0.957. The number of hydrogen-bond donors (Lipinski definition) is 2. The molecule has 0 aromatic heterocycles. The minimum absolute atomic E-state index is 0.00111. The highest BCUT2D eigenvalue weighted by Crippen LogP contribution is 2.48. The van der Waals surface area contributed by atoms with Crippen molar-refractivity contribution in [2.45, 2.75) is 25.8 Å². The molecule has 2 aliphatic heterocycles. The van der Waals surface area contributed by atoms with Gasteiger partial charge in [0.05, 0.1) is 32.7 Å². The van der Waals surface area contributed by atoms with Crippen LogP contribution in [0.25, 0.3) is 0 Å². The zero-order valence-corrected chi connectivity index (χ0v) is 13.6. The molecule has 124 valence electrons. The van der Waals surface area contributed by atoms with Crippen LogP contribution >= 0.6 is 0 Å². The number of nitrogens with one attached hydrogen (secondary N) is 1. The molecule has 1 aromatic carbocycles. The van der Waals surface area contributed by atoms with Gasteiger partial charge in [-0.15, -0.1) is 0 Å². The molecule has 6 nitrogen and oxygen atoms in total. The van der Waals surface area contributed by atoms with Gasteiger partial charge in [0.25, 0.3) is 0 Å². The predicted molar refractivity (Wildman–Crippen MR) is 83.3 cm³/mol. The number of aliphatic hydroxyl groups is 1. The number of hydrogen-bond acceptors (Lipinski definition) is 5. The zero-order chi connectivity index (χ0) is 16.6. The number of ketones is 1. The maximum atomic E-state index is 11.2. The van der Waals surface area contributed by atoms with Crippen LogP contribution in [0.2, 0.25) is 0 Å². The van der Waals surface area contributed by atoms with Crippen LogP contribution in [0, 0.1) is 0 Å². The van der Waals surface area contributed by atoms with Gasteiger partial charge in [-0.3, -0.25) is 4.79 Å². The molecule has 0 spiro atoms. The first-order chi connectivity index (χ1) is 11.0. The van der Waals surface area contributed by atoms with Crippen molar-refractivity contribution in [1.29, 1.82) is 0 Å². The number of aliphatic hydroxyl groups excluding tert-OH is 1. The smallest absolute Gasteiger partial charge is 0.231 e. The third kappa shape index (κ3) is 2.86. The number of benzene rings is 1. The van der Waals surface area contributed by atoms with E-state index in [1.54, 1.807) is 7.11 Å². The third-order valence-corrected chi connectivity index (χ3v) is 4.46. The number of likely N-dealkylation sites (N-methyl/N-ethyl adjacent to an activating group) is 1. The summed E-state index contributed by atoms with van der Waals surface area (Å²) in [6.07, 6.45) is 2.57. The molecule has 6 heteroatoms. The van der Waals surface area contributed by atoms with E-state index in [1.165, 1.54) is 17.9 Å². The number of quaternary nitrogens is 1. The van der Waals surface area contributed by atoms with Gasteiger partial charge in [-0.25, -0.2) is 0 Å². The van der Waals surface area contributed by atoms with Crippen LogP contribution in [0.5, 0.6) is 17.2 Å². The van der Waals surface area contributed by atoms with Crippen molar-refractivity contribution in [3.63, 3.8) is 0 Å². The number of rotatable bonds is 4. The Balaban J connectivity index is 2.05. The fourth-order valence-electron chi connectivity index (χ4n) is 3.40. The molecule has 0 aliphatic carbocycles. The first-order valence-corrected chi connectivity index (χ1v) is 7.73. The summed E-state index contributed by atoms with van der Waals surface area (Å²) in [6, 6.07) is 2.00. The SMILES string of the molecule is COc1c2c(cc3c1[C@H](CC(O)=CC(C)=O)[NH+](C)CC3)OCO2. The summed E-state index contributed by atoms with van der Waals surface area (Å²) in [5, 5.41) is 10.1. The van der Waals surface area contributed by atoms with Crippen molar-refractivity contribution in [3.05, 3.63) is 29.0 Å². The van der Waals surface area contributed by atoms with Gasteiger partial charge in [0.1, 0.15) is 11.8 Å². The highest BCUT2D eigenvalue weighted by molar-refractivity contribution is 5.87. The van der Waals surface area contributed by atoms with Crippen molar-refractivity contribution in [1.82, 2.24) is 0 Å². The van der Waals surface area contributed by atoms with Crippen molar-refractivity contribution in [2.75, 3.05) is 27.5 Å². The van der Waals surface area contributed by atoms with Gasteiger partial charge in [-0.2, -0.15) is 0 Å². The average molecular weight is 320 g/mol. The molecular weight excluding hydrogens is 298 g/mol. The van der Waals surface area contributed by atoms with E-state index >= 15 is 0 Å².